The number of halogens is 7. The first-order valence-electron chi connectivity index (χ1n) is 6.65. The van der Waals surface area contributed by atoms with E-state index in [1.54, 1.807) is 13.0 Å². The van der Waals surface area contributed by atoms with Crippen molar-refractivity contribution in [1.29, 1.82) is 0 Å². The van der Waals surface area contributed by atoms with E-state index in [1.807, 2.05) is 0 Å². The molecule has 0 saturated heterocycles. The summed E-state index contributed by atoms with van der Waals surface area (Å²) < 4.78 is 93.5. The van der Waals surface area contributed by atoms with E-state index in [0.29, 0.717) is 5.56 Å². The van der Waals surface area contributed by atoms with Crippen molar-refractivity contribution in [3.63, 3.8) is 0 Å². The first-order valence-corrected chi connectivity index (χ1v) is 6.65. The minimum absolute atomic E-state index is 0.0617. The Morgan fingerprint density at radius 3 is 2.08 bits per heavy atom. The number of hydrogen-bond donors (Lipinski definition) is 0. The van der Waals surface area contributed by atoms with Gasteiger partial charge in [0.1, 0.15) is 5.82 Å². The van der Waals surface area contributed by atoms with E-state index in [1.165, 1.54) is 12.1 Å². The lowest BCUT2D eigenvalue weighted by Gasteiger charge is -2.20. The van der Waals surface area contributed by atoms with Crippen LogP contribution in [0.2, 0.25) is 0 Å². The zero-order valence-corrected chi connectivity index (χ0v) is 12.2. The average molecular weight is 352 g/mol. The van der Waals surface area contributed by atoms with Crippen LogP contribution in [-0.4, -0.2) is 18.7 Å². The van der Waals surface area contributed by atoms with Crippen LogP contribution in [0.25, 0.3) is 11.1 Å². The first-order chi connectivity index (χ1) is 11.0. The Hall–Kier alpha value is -2.25. The standard InChI is InChI=1S/C16H11F7O/c1-9-2-4-11(12(17)6-9)10-3-5-14(13(18)7-10)24-8-15(19,20)16(21,22)23/h2-7H,8H2,1H3. The molecule has 2 aromatic carbocycles. The summed E-state index contributed by atoms with van der Waals surface area (Å²) in [6.07, 6.45) is -5.80. The van der Waals surface area contributed by atoms with E-state index in [4.69, 9.17) is 0 Å². The van der Waals surface area contributed by atoms with Crippen molar-refractivity contribution in [1.82, 2.24) is 0 Å². The van der Waals surface area contributed by atoms with E-state index in [9.17, 15) is 30.7 Å². The lowest BCUT2D eigenvalue weighted by molar-refractivity contribution is -0.290. The van der Waals surface area contributed by atoms with E-state index >= 15 is 0 Å². The summed E-state index contributed by atoms with van der Waals surface area (Å²) in [6, 6.07) is 7.05. The van der Waals surface area contributed by atoms with Gasteiger partial charge in [0, 0.05) is 5.56 Å². The Morgan fingerprint density at radius 1 is 0.875 bits per heavy atom. The van der Waals surface area contributed by atoms with Gasteiger partial charge in [-0.2, -0.15) is 22.0 Å². The molecular weight excluding hydrogens is 341 g/mol. The molecule has 2 rings (SSSR count). The number of ether oxygens (including phenoxy) is 1. The Balaban J connectivity index is 2.21. The van der Waals surface area contributed by atoms with E-state index < -0.39 is 36.1 Å². The summed E-state index contributed by atoms with van der Waals surface area (Å²) >= 11 is 0. The summed E-state index contributed by atoms with van der Waals surface area (Å²) in [4.78, 5) is 0. The van der Waals surface area contributed by atoms with Crippen molar-refractivity contribution in [2.24, 2.45) is 0 Å². The quantitative estimate of drug-likeness (QED) is 0.659. The van der Waals surface area contributed by atoms with Gasteiger partial charge in [-0.3, -0.25) is 0 Å². The van der Waals surface area contributed by atoms with Crippen molar-refractivity contribution >= 4 is 0 Å². The second-order valence-electron chi connectivity index (χ2n) is 5.12. The molecule has 0 atom stereocenters. The van der Waals surface area contributed by atoms with Crippen LogP contribution >= 0.6 is 0 Å². The monoisotopic (exact) mass is 352 g/mol. The molecule has 1 nitrogen and oxygen atoms in total. The Labute approximate surface area is 132 Å². The maximum absolute atomic E-state index is 13.8. The average Bonchev–Trinajstić information content (AvgIpc) is 2.44. The molecule has 0 fully saturated rings. The van der Waals surface area contributed by atoms with E-state index in [0.717, 1.165) is 18.2 Å². The fraction of sp³-hybridized carbons (Fsp3) is 0.250. The van der Waals surface area contributed by atoms with E-state index in [-0.39, 0.29) is 11.1 Å². The molecule has 0 aliphatic carbocycles. The van der Waals surface area contributed by atoms with Gasteiger partial charge in [-0.05, 0) is 36.2 Å². The van der Waals surface area contributed by atoms with Gasteiger partial charge >= 0.3 is 12.1 Å². The summed E-state index contributed by atoms with van der Waals surface area (Å²) in [5.74, 6) is -7.69. The van der Waals surface area contributed by atoms with Crippen LogP contribution in [0.5, 0.6) is 5.75 Å². The molecule has 0 radical (unpaired) electrons. The van der Waals surface area contributed by atoms with Gasteiger partial charge in [-0.15, -0.1) is 0 Å². The van der Waals surface area contributed by atoms with Gasteiger partial charge in [-0.25, -0.2) is 8.78 Å². The van der Waals surface area contributed by atoms with Crippen LogP contribution in [-0.2, 0) is 0 Å². The van der Waals surface area contributed by atoms with Crippen LogP contribution in [0.1, 0.15) is 5.56 Å². The summed E-state index contributed by atoms with van der Waals surface area (Å²) in [5, 5.41) is 0. The van der Waals surface area contributed by atoms with Crippen molar-refractivity contribution < 1.29 is 35.5 Å². The van der Waals surface area contributed by atoms with Gasteiger partial charge in [0.2, 0.25) is 0 Å². The normalized spacial score (nSPS) is 12.3. The highest BCUT2D eigenvalue weighted by Crippen LogP contribution is 2.36. The maximum Gasteiger partial charge on any atom is 0.456 e. The number of benzene rings is 2. The highest BCUT2D eigenvalue weighted by Gasteiger charge is 2.58. The molecule has 0 unspecified atom stereocenters. The van der Waals surface area contributed by atoms with Crippen LogP contribution < -0.4 is 4.74 Å². The molecule has 0 aliphatic rings. The molecule has 24 heavy (non-hydrogen) atoms. The summed E-state index contributed by atoms with van der Waals surface area (Å²) in [5.41, 5.74) is 0.803. The predicted octanol–water partition coefficient (Wildman–Crippen LogP) is 5.52. The Bertz CT molecular complexity index is 738. The molecule has 0 amide bonds. The highest BCUT2D eigenvalue weighted by molar-refractivity contribution is 5.65. The third-order valence-electron chi connectivity index (χ3n) is 3.19. The summed E-state index contributed by atoms with van der Waals surface area (Å²) in [6.45, 7) is -0.392. The topological polar surface area (TPSA) is 9.23 Å². The fourth-order valence-corrected chi connectivity index (χ4v) is 1.89. The largest absolute Gasteiger partial charge is 0.484 e. The van der Waals surface area contributed by atoms with Crippen LogP contribution in [0, 0.1) is 18.6 Å². The molecule has 0 aromatic heterocycles. The Kier molecular flexibility index (Phi) is 4.77. The Morgan fingerprint density at radius 2 is 1.54 bits per heavy atom. The molecule has 0 spiro atoms. The molecular formula is C16H11F7O. The molecule has 2 aromatic rings. The third-order valence-corrected chi connectivity index (χ3v) is 3.19. The molecule has 0 saturated carbocycles. The zero-order valence-electron chi connectivity index (χ0n) is 12.2. The minimum Gasteiger partial charge on any atom is -0.484 e. The maximum atomic E-state index is 13.8. The van der Waals surface area contributed by atoms with Crippen molar-refractivity contribution in [2.75, 3.05) is 6.61 Å². The van der Waals surface area contributed by atoms with Crippen LogP contribution in [0.15, 0.2) is 36.4 Å². The van der Waals surface area contributed by atoms with Gasteiger partial charge in [-0.1, -0.05) is 18.2 Å². The van der Waals surface area contributed by atoms with Gasteiger partial charge in [0.25, 0.3) is 0 Å². The smallest absolute Gasteiger partial charge is 0.456 e. The molecule has 0 bridgehead atoms. The second-order valence-corrected chi connectivity index (χ2v) is 5.12. The lowest BCUT2D eigenvalue weighted by atomic mass is 10.0. The molecule has 0 N–H and O–H groups in total. The van der Waals surface area contributed by atoms with Crippen LogP contribution in [0.3, 0.4) is 0 Å². The minimum atomic E-state index is -5.80. The van der Waals surface area contributed by atoms with Gasteiger partial charge in [0.05, 0.1) is 0 Å². The predicted molar refractivity (Wildman–Crippen MR) is 73.0 cm³/mol. The third kappa shape index (κ3) is 3.80. The molecule has 0 aliphatic heterocycles. The highest BCUT2D eigenvalue weighted by atomic mass is 19.4. The van der Waals surface area contributed by atoms with Crippen LogP contribution in [0.4, 0.5) is 30.7 Å². The second kappa shape index (κ2) is 6.33. The van der Waals surface area contributed by atoms with Gasteiger partial charge in [0.15, 0.2) is 18.2 Å². The fourth-order valence-electron chi connectivity index (χ4n) is 1.89. The molecule has 0 heterocycles. The number of alkyl halides is 5. The van der Waals surface area contributed by atoms with Crippen molar-refractivity contribution in [3.8, 4) is 16.9 Å². The number of aryl methyl sites for hydroxylation is 1. The zero-order chi connectivity index (χ0) is 18.1. The molecule has 8 heteroatoms. The van der Waals surface area contributed by atoms with Gasteiger partial charge < -0.3 is 4.74 Å². The number of rotatable bonds is 4. The summed E-state index contributed by atoms with van der Waals surface area (Å²) in [7, 11) is 0. The molecule has 130 valence electrons. The lowest BCUT2D eigenvalue weighted by Crippen LogP contribution is -2.41. The van der Waals surface area contributed by atoms with Crippen molar-refractivity contribution in [2.45, 2.75) is 19.0 Å². The first kappa shape index (κ1) is 18.1. The SMILES string of the molecule is Cc1ccc(-c2ccc(OCC(F)(F)C(F)(F)F)c(F)c2)c(F)c1. The number of hydrogen-bond acceptors (Lipinski definition) is 1. The van der Waals surface area contributed by atoms with Crippen molar-refractivity contribution in [3.05, 3.63) is 53.6 Å². The van der Waals surface area contributed by atoms with E-state index in [2.05, 4.69) is 4.74 Å².